The predicted octanol–water partition coefficient (Wildman–Crippen LogP) is 1.38. The maximum absolute atomic E-state index is 12.2. The van der Waals surface area contributed by atoms with Crippen molar-refractivity contribution < 1.29 is 4.79 Å². The number of carbonyl (C=O) groups is 1. The lowest BCUT2D eigenvalue weighted by Gasteiger charge is -2.18. The number of carbonyl (C=O) groups excluding carboxylic acids is 1. The maximum Gasteiger partial charge on any atom is 0.255 e. The number of benzene rings is 1. The van der Waals surface area contributed by atoms with Gasteiger partial charge in [0.25, 0.3) is 5.91 Å². The lowest BCUT2D eigenvalue weighted by atomic mass is 10.0. The number of anilines is 1. The molecule has 0 aliphatic carbocycles. The number of nitrogen functional groups attached to an aromatic ring is 1. The molecule has 0 aliphatic rings. The molecule has 0 unspecified atom stereocenters. The van der Waals surface area contributed by atoms with E-state index in [4.69, 9.17) is 16.3 Å². The summed E-state index contributed by atoms with van der Waals surface area (Å²) < 4.78 is 0. The third-order valence-electron chi connectivity index (χ3n) is 2.65. The first kappa shape index (κ1) is 13.5. The first-order chi connectivity index (χ1) is 8.51. The molecule has 1 aromatic carbocycles. The molecule has 0 heterocycles. The highest BCUT2D eigenvalue weighted by molar-refractivity contribution is 5.97. The molecule has 0 radical (unpaired) electrons. The Morgan fingerprint density at radius 1 is 1.22 bits per heavy atom. The average Bonchev–Trinajstić information content (AvgIpc) is 2.33. The highest BCUT2D eigenvalue weighted by Gasteiger charge is 2.18. The minimum atomic E-state index is -0.345. The van der Waals surface area contributed by atoms with Crippen LogP contribution in [0.2, 0.25) is 0 Å². The molecule has 0 saturated heterocycles. The van der Waals surface area contributed by atoms with Crippen LogP contribution in [0.3, 0.4) is 0 Å². The van der Waals surface area contributed by atoms with Gasteiger partial charge in [-0.15, -0.1) is 0 Å². The van der Waals surface area contributed by atoms with Gasteiger partial charge < -0.3 is 10.6 Å². The summed E-state index contributed by atoms with van der Waals surface area (Å²) in [7, 11) is 0. The van der Waals surface area contributed by atoms with E-state index < -0.39 is 0 Å². The Labute approximate surface area is 106 Å². The first-order valence-corrected chi connectivity index (χ1v) is 5.41. The maximum atomic E-state index is 12.2. The van der Waals surface area contributed by atoms with Gasteiger partial charge in [-0.1, -0.05) is 6.07 Å². The lowest BCUT2D eigenvalue weighted by molar-refractivity contribution is 0.0794. The average molecular weight is 242 g/mol. The topological polar surface area (TPSA) is 93.9 Å². The van der Waals surface area contributed by atoms with Crippen molar-refractivity contribution in [1.82, 2.24) is 4.90 Å². The predicted molar refractivity (Wildman–Crippen MR) is 67.5 cm³/mol. The largest absolute Gasteiger partial charge is 0.398 e. The van der Waals surface area contributed by atoms with E-state index in [1.165, 1.54) is 4.90 Å². The molecule has 2 N–H and O–H groups in total. The monoisotopic (exact) mass is 242 g/mol. The van der Waals surface area contributed by atoms with Crippen LogP contribution < -0.4 is 5.73 Å². The van der Waals surface area contributed by atoms with Crippen LogP contribution in [0.1, 0.15) is 21.5 Å². The third kappa shape index (κ3) is 2.78. The number of amides is 1. The van der Waals surface area contributed by atoms with Crippen LogP contribution in [0.5, 0.6) is 0 Å². The molecule has 0 fully saturated rings. The molecule has 0 saturated carbocycles. The molecule has 0 atom stereocenters. The van der Waals surface area contributed by atoms with Gasteiger partial charge in [-0.3, -0.25) is 4.79 Å². The molecule has 18 heavy (non-hydrogen) atoms. The van der Waals surface area contributed by atoms with Crippen LogP contribution in [-0.2, 0) is 0 Å². The SMILES string of the molecule is Cc1cc(C)c(C(=O)N(CC#N)CC#N)cc1N. The van der Waals surface area contributed by atoms with E-state index in [2.05, 4.69) is 0 Å². The molecule has 92 valence electrons. The first-order valence-electron chi connectivity index (χ1n) is 5.41. The second-order valence-electron chi connectivity index (χ2n) is 4.00. The molecule has 5 heteroatoms. The molecule has 1 rings (SSSR count). The second kappa shape index (κ2) is 5.70. The van der Waals surface area contributed by atoms with E-state index in [9.17, 15) is 4.79 Å². The number of hydrogen-bond acceptors (Lipinski definition) is 4. The van der Waals surface area contributed by atoms with Crippen molar-refractivity contribution >= 4 is 11.6 Å². The summed E-state index contributed by atoms with van der Waals surface area (Å²) in [5.41, 5.74) is 8.42. The van der Waals surface area contributed by atoms with Crippen LogP contribution in [0.25, 0.3) is 0 Å². The van der Waals surface area contributed by atoms with Crippen molar-refractivity contribution in [2.75, 3.05) is 18.8 Å². The van der Waals surface area contributed by atoms with Gasteiger partial charge in [0.1, 0.15) is 13.1 Å². The Kier molecular flexibility index (Phi) is 4.28. The minimum Gasteiger partial charge on any atom is -0.398 e. The zero-order chi connectivity index (χ0) is 13.7. The molecule has 0 bridgehead atoms. The van der Waals surface area contributed by atoms with Gasteiger partial charge in [0.05, 0.1) is 12.1 Å². The summed E-state index contributed by atoms with van der Waals surface area (Å²) >= 11 is 0. The molecule has 0 aromatic heterocycles. The fourth-order valence-electron chi connectivity index (χ4n) is 1.64. The summed E-state index contributed by atoms with van der Waals surface area (Å²) in [5.74, 6) is -0.345. The van der Waals surface area contributed by atoms with E-state index in [1.807, 2.05) is 25.1 Å². The van der Waals surface area contributed by atoms with E-state index in [0.29, 0.717) is 11.3 Å². The molecule has 1 amide bonds. The Balaban J connectivity index is 3.14. The van der Waals surface area contributed by atoms with Crippen LogP contribution >= 0.6 is 0 Å². The molecule has 0 aliphatic heterocycles. The van der Waals surface area contributed by atoms with E-state index in [-0.39, 0.29) is 19.0 Å². The summed E-state index contributed by atoms with van der Waals surface area (Å²) in [6, 6.07) is 7.15. The Bertz CT molecular complexity index is 535. The lowest BCUT2D eigenvalue weighted by Crippen LogP contribution is -2.32. The Hall–Kier alpha value is -2.53. The molecule has 0 spiro atoms. The van der Waals surface area contributed by atoms with E-state index >= 15 is 0 Å². The van der Waals surface area contributed by atoms with Gasteiger partial charge in [-0.2, -0.15) is 10.5 Å². The molecular weight excluding hydrogens is 228 g/mol. The van der Waals surface area contributed by atoms with Gasteiger partial charge >= 0.3 is 0 Å². The summed E-state index contributed by atoms with van der Waals surface area (Å²) in [6.45, 7) is 3.44. The minimum absolute atomic E-state index is 0.111. The van der Waals surface area contributed by atoms with Crippen LogP contribution in [0.15, 0.2) is 12.1 Å². The van der Waals surface area contributed by atoms with Crippen LogP contribution in [0.4, 0.5) is 5.69 Å². The summed E-state index contributed by atoms with van der Waals surface area (Å²) in [4.78, 5) is 13.4. The Morgan fingerprint density at radius 3 is 2.28 bits per heavy atom. The standard InChI is InChI=1S/C13H14N4O/c1-9-7-10(2)12(16)8-11(9)13(18)17(5-3-14)6-4-15/h7-8H,5-6,16H2,1-2H3. The normalized spacial score (nSPS) is 9.33. The van der Waals surface area contributed by atoms with Gasteiger partial charge in [0, 0.05) is 11.3 Å². The fraction of sp³-hybridized carbons (Fsp3) is 0.308. The van der Waals surface area contributed by atoms with Crippen LogP contribution in [0, 0.1) is 36.5 Å². The van der Waals surface area contributed by atoms with Gasteiger partial charge in [0.15, 0.2) is 0 Å². The van der Waals surface area contributed by atoms with Crippen molar-refractivity contribution in [1.29, 1.82) is 10.5 Å². The highest BCUT2D eigenvalue weighted by atomic mass is 16.2. The van der Waals surface area contributed by atoms with Crippen molar-refractivity contribution in [3.05, 3.63) is 28.8 Å². The molecule has 5 nitrogen and oxygen atoms in total. The highest BCUT2D eigenvalue weighted by Crippen LogP contribution is 2.19. The van der Waals surface area contributed by atoms with Crippen molar-refractivity contribution in [2.45, 2.75) is 13.8 Å². The van der Waals surface area contributed by atoms with Gasteiger partial charge in [-0.25, -0.2) is 0 Å². The number of hydrogen-bond donors (Lipinski definition) is 1. The quantitative estimate of drug-likeness (QED) is 0.639. The second-order valence-corrected chi connectivity index (χ2v) is 4.00. The van der Waals surface area contributed by atoms with E-state index in [0.717, 1.165) is 11.1 Å². The number of aryl methyl sites for hydroxylation is 2. The third-order valence-corrected chi connectivity index (χ3v) is 2.65. The number of rotatable bonds is 3. The van der Waals surface area contributed by atoms with Crippen LogP contribution in [-0.4, -0.2) is 23.9 Å². The smallest absolute Gasteiger partial charge is 0.255 e. The number of nitrogens with two attached hydrogens (primary N) is 1. The zero-order valence-electron chi connectivity index (χ0n) is 10.4. The molecular formula is C13H14N4O. The molecule has 1 aromatic rings. The summed E-state index contributed by atoms with van der Waals surface area (Å²) in [6.07, 6.45) is 0. The van der Waals surface area contributed by atoms with Gasteiger partial charge in [0.2, 0.25) is 0 Å². The zero-order valence-corrected chi connectivity index (χ0v) is 10.4. The summed E-state index contributed by atoms with van der Waals surface area (Å²) in [5, 5.41) is 17.3. The van der Waals surface area contributed by atoms with E-state index in [1.54, 1.807) is 13.0 Å². The van der Waals surface area contributed by atoms with Crippen molar-refractivity contribution in [3.8, 4) is 12.1 Å². The van der Waals surface area contributed by atoms with Crippen molar-refractivity contribution in [3.63, 3.8) is 0 Å². The van der Waals surface area contributed by atoms with Gasteiger partial charge in [-0.05, 0) is 31.0 Å². The Morgan fingerprint density at radius 2 is 1.78 bits per heavy atom. The van der Waals surface area contributed by atoms with Crippen molar-refractivity contribution in [2.24, 2.45) is 0 Å². The number of nitrogens with zero attached hydrogens (tertiary/aromatic N) is 3. The number of nitriles is 2. The fourth-order valence-corrected chi connectivity index (χ4v) is 1.64.